The molecule has 1 aliphatic rings. The molecule has 1 amide bonds. The maximum atomic E-state index is 12.5. The van der Waals surface area contributed by atoms with Gasteiger partial charge in [-0.1, -0.05) is 11.8 Å². The SMILES string of the molecule is CCN(C(=O)c1cc(C)cc(C#CCN)c1)C1CC1. The van der Waals surface area contributed by atoms with E-state index in [9.17, 15) is 4.79 Å². The fraction of sp³-hybridized carbons (Fsp3) is 0.438. The summed E-state index contributed by atoms with van der Waals surface area (Å²) >= 11 is 0. The molecule has 0 atom stereocenters. The number of hydrogen-bond acceptors (Lipinski definition) is 2. The summed E-state index contributed by atoms with van der Waals surface area (Å²) in [5, 5.41) is 0. The first-order valence-electron chi connectivity index (χ1n) is 6.77. The van der Waals surface area contributed by atoms with E-state index in [2.05, 4.69) is 11.8 Å². The standard InChI is InChI=1S/C16H20N2O/c1-3-18(15-6-7-15)16(19)14-10-12(2)9-13(11-14)5-4-8-17/h9-11,15H,3,6-8,17H2,1-2H3. The van der Waals surface area contributed by atoms with Gasteiger partial charge in [0.15, 0.2) is 0 Å². The minimum absolute atomic E-state index is 0.115. The highest BCUT2D eigenvalue weighted by molar-refractivity contribution is 5.95. The Hall–Kier alpha value is -1.79. The zero-order valence-corrected chi connectivity index (χ0v) is 11.6. The molecule has 3 nitrogen and oxygen atoms in total. The lowest BCUT2D eigenvalue weighted by atomic mass is 10.1. The van der Waals surface area contributed by atoms with E-state index in [1.807, 2.05) is 36.9 Å². The number of carbonyl (C=O) groups is 1. The fourth-order valence-corrected chi connectivity index (χ4v) is 2.25. The van der Waals surface area contributed by atoms with Crippen molar-refractivity contribution in [3.8, 4) is 11.8 Å². The summed E-state index contributed by atoms with van der Waals surface area (Å²) < 4.78 is 0. The summed E-state index contributed by atoms with van der Waals surface area (Å²) in [6, 6.07) is 6.22. The van der Waals surface area contributed by atoms with Crippen LogP contribution in [0.1, 0.15) is 41.3 Å². The quantitative estimate of drug-likeness (QED) is 0.840. The third kappa shape index (κ3) is 3.36. The molecule has 1 aliphatic carbocycles. The number of benzene rings is 1. The Balaban J connectivity index is 2.27. The van der Waals surface area contributed by atoms with Crippen molar-refractivity contribution in [2.24, 2.45) is 5.73 Å². The lowest BCUT2D eigenvalue weighted by Crippen LogP contribution is -2.32. The minimum Gasteiger partial charge on any atom is -0.336 e. The molecule has 0 aliphatic heterocycles. The predicted octanol–water partition coefficient (Wildman–Crippen LogP) is 1.93. The molecule has 1 aromatic rings. The molecule has 1 fully saturated rings. The average Bonchev–Trinajstić information content (AvgIpc) is 3.21. The van der Waals surface area contributed by atoms with Crippen molar-refractivity contribution in [2.45, 2.75) is 32.7 Å². The lowest BCUT2D eigenvalue weighted by Gasteiger charge is -2.20. The second kappa shape index (κ2) is 5.90. The maximum Gasteiger partial charge on any atom is 0.254 e. The molecule has 2 N–H and O–H groups in total. The maximum absolute atomic E-state index is 12.5. The predicted molar refractivity (Wildman–Crippen MR) is 76.8 cm³/mol. The van der Waals surface area contributed by atoms with Crippen LogP contribution < -0.4 is 5.73 Å². The minimum atomic E-state index is 0.115. The van der Waals surface area contributed by atoms with Gasteiger partial charge in [0, 0.05) is 23.7 Å². The molecular formula is C16H20N2O. The van der Waals surface area contributed by atoms with Crippen molar-refractivity contribution in [3.05, 3.63) is 34.9 Å². The largest absolute Gasteiger partial charge is 0.336 e. The van der Waals surface area contributed by atoms with E-state index in [4.69, 9.17) is 5.73 Å². The molecule has 2 rings (SSSR count). The Kier molecular flexibility index (Phi) is 4.24. The molecule has 3 heteroatoms. The summed E-state index contributed by atoms with van der Waals surface area (Å²) in [4.78, 5) is 14.4. The fourth-order valence-electron chi connectivity index (χ4n) is 2.25. The van der Waals surface area contributed by atoms with Crippen LogP contribution in [0.3, 0.4) is 0 Å². The molecule has 100 valence electrons. The van der Waals surface area contributed by atoms with Gasteiger partial charge in [-0.25, -0.2) is 0 Å². The third-order valence-electron chi connectivity index (χ3n) is 3.25. The first-order chi connectivity index (χ1) is 9.15. The molecule has 19 heavy (non-hydrogen) atoms. The molecule has 1 aromatic carbocycles. The highest BCUT2D eigenvalue weighted by atomic mass is 16.2. The van der Waals surface area contributed by atoms with Crippen LogP contribution >= 0.6 is 0 Å². The van der Waals surface area contributed by atoms with Crippen LogP contribution in [0.25, 0.3) is 0 Å². The molecule has 0 spiro atoms. The van der Waals surface area contributed by atoms with Crippen molar-refractivity contribution in [1.82, 2.24) is 4.90 Å². The van der Waals surface area contributed by atoms with Gasteiger partial charge in [0.05, 0.1) is 6.54 Å². The first-order valence-corrected chi connectivity index (χ1v) is 6.77. The second-order valence-electron chi connectivity index (χ2n) is 4.92. The Morgan fingerprint density at radius 1 is 1.42 bits per heavy atom. The van der Waals surface area contributed by atoms with Crippen LogP contribution in [0.15, 0.2) is 18.2 Å². The van der Waals surface area contributed by atoms with Crippen LogP contribution in [0, 0.1) is 18.8 Å². The first kappa shape index (κ1) is 13.6. The number of amides is 1. The number of nitrogens with two attached hydrogens (primary N) is 1. The Bertz CT molecular complexity index is 535. The van der Waals surface area contributed by atoms with E-state index in [1.165, 1.54) is 0 Å². The van der Waals surface area contributed by atoms with Crippen molar-refractivity contribution >= 4 is 5.91 Å². The van der Waals surface area contributed by atoms with Crippen molar-refractivity contribution in [1.29, 1.82) is 0 Å². The van der Waals surface area contributed by atoms with Crippen molar-refractivity contribution in [3.63, 3.8) is 0 Å². The third-order valence-corrected chi connectivity index (χ3v) is 3.25. The summed E-state index contributed by atoms with van der Waals surface area (Å²) in [6.45, 7) is 5.11. The van der Waals surface area contributed by atoms with Gasteiger partial charge in [0.1, 0.15) is 0 Å². The monoisotopic (exact) mass is 256 g/mol. The van der Waals surface area contributed by atoms with Gasteiger partial charge >= 0.3 is 0 Å². The number of aryl methyl sites for hydroxylation is 1. The van der Waals surface area contributed by atoms with Gasteiger partial charge in [-0.15, -0.1) is 0 Å². The van der Waals surface area contributed by atoms with Gasteiger partial charge in [-0.2, -0.15) is 0 Å². The molecule has 0 heterocycles. The second-order valence-corrected chi connectivity index (χ2v) is 4.92. The zero-order valence-electron chi connectivity index (χ0n) is 11.6. The summed E-state index contributed by atoms with van der Waals surface area (Å²) in [5.41, 5.74) is 8.03. The summed E-state index contributed by atoms with van der Waals surface area (Å²) in [7, 11) is 0. The Morgan fingerprint density at radius 2 is 2.16 bits per heavy atom. The van der Waals surface area contributed by atoms with Gasteiger partial charge < -0.3 is 10.6 Å². The normalized spacial score (nSPS) is 13.6. The van der Waals surface area contributed by atoms with Crippen LogP contribution in [0.4, 0.5) is 0 Å². The molecular weight excluding hydrogens is 236 g/mol. The van der Waals surface area contributed by atoms with Crippen LogP contribution in [-0.2, 0) is 0 Å². The number of carbonyl (C=O) groups excluding carboxylic acids is 1. The van der Waals surface area contributed by atoms with Gasteiger partial charge in [0.25, 0.3) is 5.91 Å². The number of hydrogen-bond donors (Lipinski definition) is 1. The van der Waals surface area contributed by atoms with E-state index in [0.717, 1.165) is 36.1 Å². The average molecular weight is 256 g/mol. The number of rotatable bonds is 3. The summed E-state index contributed by atoms with van der Waals surface area (Å²) in [5.74, 6) is 5.94. The lowest BCUT2D eigenvalue weighted by molar-refractivity contribution is 0.0752. The van der Waals surface area contributed by atoms with Gasteiger partial charge in [-0.05, 0) is 50.5 Å². The summed E-state index contributed by atoms with van der Waals surface area (Å²) in [6.07, 6.45) is 2.26. The Labute approximate surface area is 114 Å². The Morgan fingerprint density at radius 3 is 2.74 bits per heavy atom. The smallest absolute Gasteiger partial charge is 0.254 e. The van der Waals surface area contributed by atoms with Crippen LogP contribution in [0.5, 0.6) is 0 Å². The van der Waals surface area contributed by atoms with Gasteiger partial charge in [-0.3, -0.25) is 4.79 Å². The number of nitrogens with zero attached hydrogens (tertiary/aromatic N) is 1. The van der Waals surface area contributed by atoms with E-state index >= 15 is 0 Å². The van der Waals surface area contributed by atoms with Crippen LogP contribution in [0.2, 0.25) is 0 Å². The molecule has 0 unspecified atom stereocenters. The van der Waals surface area contributed by atoms with E-state index in [0.29, 0.717) is 12.6 Å². The van der Waals surface area contributed by atoms with Gasteiger partial charge in [0.2, 0.25) is 0 Å². The van der Waals surface area contributed by atoms with E-state index in [-0.39, 0.29) is 5.91 Å². The van der Waals surface area contributed by atoms with Crippen LogP contribution in [-0.4, -0.2) is 29.9 Å². The van der Waals surface area contributed by atoms with Crippen molar-refractivity contribution < 1.29 is 4.79 Å². The highest BCUT2D eigenvalue weighted by Crippen LogP contribution is 2.28. The molecule has 1 saturated carbocycles. The van der Waals surface area contributed by atoms with Crippen molar-refractivity contribution in [2.75, 3.05) is 13.1 Å². The zero-order chi connectivity index (χ0) is 13.8. The molecule has 0 radical (unpaired) electrons. The highest BCUT2D eigenvalue weighted by Gasteiger charge is 2.31. The van der Waals surface area contributed by atoms with E-state index < -0.39 is 0 Å². The molecule has 0 aromatic heterocycles. The molecule has 0 saturated heterocycles. The topological polar surface area (TPSA) is 46.3 Å². The molecule has 0 bridgehead atoms. The van der Waals surface area contributed by atoms with E-state index in [1.54, 1.807) is 0 Å².